The van der Waals surface area contributed by atoms with Crippen molar-refractivity contribution >= 4 is 11.6 Å². The molecule has 8 nitrogen and oxygen atoms in total. The van der Waals surface area contributed by atoms with Crippen molar-refractivity contribution in [2.75, 3.05) is 50.8 Å². The van der Waals surface area contributed by atoms with Crippen molar-refractivity contribution in [1.29, 1.82) is 0 Å². The molecule has 2 aliphatic heterocycles. The number of hydrogen-bond donors (Lipinski definition) is 2. The van der Waals surface area contributed by atoms with Crippen molar-refractivity contribution in [3.63, 3.8) is 0 Å². The molecule has 0 aliphatic carbocycles. The Morgan fingerprint density at radius 2 is 1.85 bits per heavy atom. The first-order chi connectivity index (χ1) is 16.7. The Kier molecular flexibility index (Phi) is 6.87. The van der Waals surface area contributed by atoms with E-state index in [0.29, 0.717) is 11.4 Å². The summed E-state index contributed by atoms with van der Waals surface area (Å²) in [7, 11) is 0. The van der Waals surface area contributed by atoms with E-state index in [1.807, 2.05) is 12.1 Å². The second kappa shape index (κ2) is 10.4. The predicted molar refractivity (Wildman–Crippen MR) is 133 cm³/mol. The fraction of sp³-hybridized carbons (Fsp3) is 0.423. The number of H-pyrrole nitrogens is 1. The minimum absolute atomic E-state index is 0.294. The van der Waals surface area contributed by atoms with E-state index >= 15 is 0 Å². The zero-order valence-electron chi connectivity index (χ0n) is 19.5. The normalized spacial score (nSPS) is 17.1. The highest BCUT2D eigenvalue weighted by Gasteiger charge is 2.21. The van der Waals surface area contributed by atoms with Gasteiger partial charge >= 0.3 is 0 Å². The largest absolute Gasteiger partial charge is 0.379 e. The van der Waals surface area contributed by atoms with E-state index < -0.39 is 5.91 Å². The van der Waals surface area contributed by atoms with E-state index in [-0.39, 0.29) is 0 Å². The van der Waals surface area contributed by atoms with Crippen LogP contribution in [0.15, 0.2) is 42.7 Å². The Morgan fingerprint density at radius 3 is 2.59 bits per heavy atom. The molecule has 0 spiro atoms. The molecule has 178 valence electrons. The number of piperidine rings is 1. The number of primary amides is 1. The molecule has 0 unspecified atom stereocenters. The smallest absolute Gasteiger partial charge is 0.267 e. The van der Waals surface area contributed by atoms with Crippen molar-refractivity contribution in [1.82, 2.24) is 20.1 Å². The van der Waals surface area contributed by atoms with Gasteiger partial charge < -0.3 is 15.4 Å². The maximum absolute atomic E-state index is 12.5. The van der Waals surface area contributed by atoms with Crippen LogP contribution in [0.3, 0.4) is 0 Å². The molecule has 34 heavy (non-hydrogen) atoms. The summed E-state index contributed by atoms with van der Waals surface area (Å²) in [4.78, 5) is 22.0. The highest BCUT2D eigenvalue weighted by atomic mass is 16.5. The topological polar surface area (TPSA) is 100 Å². The zero-order chi connectivity index (χ0) is 23.3. The number of carbonyl (C=O) groups is 1. The van der Waals surface area contributed by atoms with E-state index in [4.69, 9.17) is 10.5 Å². The summed E-state index contributed by atoms with van der Waals surface area (Å²) in [6.07, 6.45) is 8.02. The van der Waals surface area contributed by atoms with Crippen molar-refractivity contribution in [2.24, 2.45) is 5.73 Å². The molecule has 4 heterocycles. The van der Waals surface area contributed by atoms with Gasteiger partial charge in [-0.3, -0.25) is 14.8 Å². The standard InChI is InChI=1S/C26H32N6O2/c27-26(33)25-21(5-6-23(30-25)20-17-28-29-18-20)22-16-19(8-11-31-12-14-34-15-13-31)4-7-24(22)32-9-2-1-3-10-32/h4-7,16-18H,1-3,8-15H2,(H2,27,33)(H,28,29). The van der Waals surface area contributed by atoms with Crippen molar-refractivity contribution < 1.29 is 9.53 Å². The SMILES string of the molecule is NC(=O)c1nc(-c2cn[nH]c2)ccc1-c1cc(CCN2CCOCC2)ccc1N1CCCCC1. The summed E-state index contributed by atoms with van der Waals surface area (Å²) in [6, 6.07) is 10.6. The third-order valence-corrected chi connectivity index (χ3v) is 6.79. The minimum Gasteiger partial charge on any atom is -0.379 e. The summed E-state index contributed by atoms with van der Waals surface area (Å²) >= 11 is 0. The number of ether oxygens (including phenoxy) is 1. The maximum atomic E-state index is 12.5. The third-order valence-electron chi connectivity index (χ3n) is 6.79. The summed E-state index contributed by atoms with van der Waals surface area (Å²) in [6.45, 7) is 6.59. The molecule has 2 fully saturated rings. The Bertz CT molecular complexity index is 1120. The van der Waals surface area contributed by atoms with Gasteiger partial charge in [0, 0.05) is 61.3 Å². The lowest BCUT2D eigenvalue weighted by molar-refractivity contribution is 0.0384. The van der Waals surface area contributed by atoms with Crippen LogP contribution in [0.1, 0.15) is 35.3 Å². The molecule has 0 atom stereocenters. The van der Waals surface area contributed by atoms with E-state index in [2.05, 4.69) is 43.2 Å². The molecular weight excluding hydrogens is 428 g/mol. The van der Waals surface area contributed by atoms with Crippen LogP contribution in [0.2, 0.25) is 0 Å². The highest BCUT2D eigenvalue weighted by molar-refractivity contribution is 6.00. The number of aromatic nitrogens is 3. The maximum Gasteiger partial charge on any atom is 0.267 e. The lowest BCUT2D eigenvalue weighted by Crippen LogP contribution is -2.37. The number of anilines is 1. The molecule has 0 saturated carbocycles. The highest BCUT2D eigenvalue weighted by Crippen LogP contribution is 2.36. The summed E-state index contributed by atoms with van der Waals surface area (Å²) in [5.74, 6) is -0.524. The fourth-order valence-corrected chi connectivity index (χ4v) is 4.89. The molecule has 5 rings (SSSR count). The number of nitrogens with two attached hydrogens (primary N) is 1. The van der Waals surface area contributed by atoms with E-state index in [0.717, 1.165) is 74.7 Å². The zero-order valence-corrected chi connectivity index (χ0v) is 19.5. The van der Waals surface area contributed by atoms with Gasteiger partial charge in [0.05, 0.1) is 25.1 Å². The lowest BCUT2D eigenvalue weighted by Gasteiger charge is -2.31. The summed E-state index contributed by atoms with van der Waals surface area (Å²) in [5.41, 5.74) is 11.8. The van der Waals surface area contributed by atoms with Gasteiger partial charge in [-0.25, -0.2) is 4.98 Å². The number of benzene rings is 1. The minimum atomic E-state index is -0.524. The Morgan fingerprint density at radius 1 is 1.03 bits per heavy atom. The fourth-order valence-electron chi connectivity index (χ4n) is 4.89. The van der Waals surface area contributed by atoms with Crippen LogP contribution in [0, 0.1) is 0 Å². The second-order valence-corrected chi connectivity index (χ2v) is 9.05. The van der Waals surface area contributed by atoms with Crippen molar-refractivity contribution in [2.45, 2.75) is 25.7 Å². The van der Waals surface area contributed by atoms with Crippen molar-refractivity contribution in [3.8, 4) is 22.4 Å². The molecular formula is C26H32N6O2. The van der Waals surface area contributed by atoms with E-state index in [9.17, 15) is 4.79 Å². The van der Waals surface area contributed by atoms with Crippen molar-refractivity contribution in [3.05, 3.63) is 54.0 Å². The number of hydrogen-bond acceptors (Lipinski definition) is 6. The number of carbonyl (C=O) groups excluding carboxylic acids is 1. The molecule has 8 heteroatoms. The predicted octanol–water partition coefficient (Wildman–Crippen LogP) is 3.10. The molecule has 2 aliphatic rings. The number of pyridine rings is 1. The van der Waals surface area contributed by atoms with Gasteiger partial charge in [-0.15, -0.1) is 0 Å². The molecule has 3 N–H and O–H groups in total. The van der Waals surface area contributed by atoms with Gasteiger partial charge in [0.25, 0.3) is 5.91 Å². The lowest BCUT2D eigenvalue weighted by atomic mass is 9.95. The first-order valence-corrected chi connectivity index (χ1v) is 12.2. The van der Waals surface area contributed by atoms with Crippen LogP contribution < -0.4 is 10.6 Å². The average molecular weight is 461 g/mol. The van der Waals surface area contributed by atoms with Gasteiger partial charge in [0.1, 0.15) is 5.69 Å². The van der Waals surface area contributed by atoms with Crippen LogP contribution in [0.4, 0.5) is 5.69 Å². The molecule has 0 radical (unpaired) electrons. The molecule has 1 amide bonds. The van der Waals surface area contributed by atoms with Gasteiger partial charge in [0.2, 0.25) is 0 Å². The average Bonchev–Trinajstić information content (AvgIpc) is 3.43. The molecule has 0 bridgehead atoms. The first kappa shape index (κ1) is 22.6. The second-order valence-electron chi connectivity index (χ2n) is 9.05. The van der Waals surface area contributed by atoms with Gasteiger partial charge in [0.15, 0.2) is 0 Å². The van der Waals surface area contributed by atoms with Gasteiger partial charge in [-0.1, -0.05) is 6.07 Å². The van der Waals surface area contributed by atoms with Crippen LogP contribution in [0.5, 0.6) is 0 Å². The first-order valence-electron chi connectivity index (χ1n) is 12.2. The van der Waals surface area contributed by atoms with E-state index in [1.165, 1.54) is 24.8 Å². The Labute approximate surface area is 200 Å². The van der Waals surface area contributed by atoms with Gasteiger partial charge in [-0.05, 0) is 55.5 Å². The number of rotatable bonds is 7. The number of morpholine rings is 1. The van der Waals surface area contributed by atoms with Gasteiger partial charge in [-0.2, -0.15) is 5.10 Å². The Hall–Kier alpha value is -3.23. The monoisotopic (exact) mass is 460 g/mol. The van der Waals surface area contributed by atoms with E-state index in [1.54, 1.807) is 12.4 Å². The molecule has 1 aromatic carbocycles. The number of aromatic amines is 1. The number of nitrogens with zero attached hydrogens (tertiary/aromatic N) is 4. The summed E-state index contributed by atoms with van der Waals surface area (Å²) in [5, 5.41) is 6.80. The van der Waals surface area contributed by atoms with Crippen LogP contribution in [-0.2, 0) is 11.2 Å². The third kappa shape index (κ3) is 4.98. The quantitative estimate of drug-likeness (QED) is 0.562. The molecule has 3 aromatic rings. The van der Waals surface area contributed by atoms with Crippen LogP contribution >= 0.6 is 0 Å². The number of nitrogens with one attached hydrogen (secondary N) is 1. The van der Waals surface area contributed by atoms with Crippen LogP contribution in [0.25, 0.3) is 22.4 Å². The summed E-state index contributed by atoms with van der Waals surface area (Å²) < 4.78 is 5.48. The number of amides is 1. The Balaban J connectivity index is 1.52. The molecule has 2 saturated heterocycles. The molecule has 2 aromatic heterocycles. The van der Waals surface area contributed by atoms with Crippen LogP contribution in [-0.4, -0.2) is 71.9 Å².